The van der Waals surface area contributed by atoms with Crippen molar-refractivity contribution in [3.8, 4) is 0 Å². The van der Waals surface area contributed by atoms with Gasteiger partial charge in [0.15, 0.2) is 12.2 Å². The zero-order chi connectivity index (χ0) is 75.8. The normalized spacial score (nSPS) is 14.4. The van der Waals surface area contributed by atoms with Crippen molar-refractivity contribution in [3.63, 3.8) is 0 Å². The van der Waals surface area contributed by atoms with Gasteiger partial charge in [0.25, 0.3) is 0 Å². The Hall–Kier alpha value is -1.94. The molecule has 0 aliphatic carbocycles. The molecule has 7 atom stereocenters. The van der Waals surface area contributed by atoms with Crippen molar-refractivity contribution < 1.29 is 80.2 Å². The topological polar surface area (TPSA) is 237 Å². The Labute approximate surface area is 632 Å². The molecule has 17 nitrogen and oxygen atoms in total. The van der Waals surface area contributed by atoms with E-state index in [9.17, 15) is 43.2 Å². The zero-order valence-electron chi connectivity index (χ0n) is 67.8. The van der Waals surface area contributed by atoms with Gasteiger partial charge in [0.05, 0.1) is 26.4 Å². The van der Waals surface area contributed by atoms with E-state index in [0.29, 0.717) is 25.7 Å². The summed E-state index contributed by atoms with van der Waals surface area (Å²) in [4.78, 5) is 73.1. The number of unbranched alkanes of at least 4 members (excludes halogenated alkanes) is 48. The van der Waals surface area contributed by atoms with Crippen molar-refractivity contribution in [3.05, 3.63) is 0 Å². The molecule has 0 amide bonds. The van der Waals surface area contributed by atoms with Gasteiger partial charge in [0.1, 0.15) is 19.3 Å². The standard InChI is InChI=1S/C84H164O17P2/c1-8-11-12-13-14-15-36-44-51-58-65-81(86)94-72-80(101-84(89)68-61-54-47-40-39-43-50-57-64-77(7)10-3)74-99-103(92,93)97-70-78(85)69-96-102(90,91)98-73-79(71-95-82(87)66-59-52-45-37-32-28-24-21-20-22-26-30-34-41-48-55-62-75(4)5)100-83(88)67-60-53-46-38-33-29-25-19-17-16-18-23-27-31-35-42-49-56-63-76(6)9-2/h75-80,85H,8-74H2,1-7H3,(H,90,91)(H,92,93)/t76?,77?,78-,79-,80-/m1/s1. The van der Waals surface area contributed by atoms with Gasteiger partial charge in [-0.25, -0.2) is 9.13 Å². The molecular formula is C84H164O17P2. The molecule has 0 aliphatic heterocycles. The number of carbonyl (C=O) groups excluding carboxylic acids is 4. The Bertz CT molecular complexity index is 2000. The van der Waals surface area contributed by atoms with Crippen LogP contribution < -0.4 is 0 Å². The fourth-order valence-electron chi connectivity index (χ4n) is 13.0. The number of esters is 4. The Morgan fingerprint density at radius 2 is 0.495 bits per heavy atom. The van der Waals surface area contributed by atoms with Crippen LogP contribution in [0.1, 0.15) is 440 Å². The van der Waals surface area contributed by atoms with Crippen LogP contribution in [0, 0.1) is 17.8 Å². The maximum atomic E-state index is 13.1. The van der Waals surface area contributed by atoms with E-state index in [2.05, 4.69) is 48.5 Å². The molecule has 0 saturated heterocycles. The van der Waals surface area contributed by atoms with Crippen LogP contribution in [0.15, 0.2) is 0 Å². The zero-order valence-corrected chi connectivity index (χ0v) is 69.6. The van der Waals surface area contributed by atoms with Gasteiger partial charge in [0, 0.05) is 25.7 Å². The Morgan fingerprint density at radius 1 is 0.282 bits per heavy atom. The van der Waals surface area contributed by atoms with Crippen molar-refractivity contribution in [2.45, 2.75) is 458 Å². The maximum Gasteiger partial charge on any atom is 0.472 e. The van der Waals surface area contributed by atoms with Crippen molar-refractivity contribution in [2.75, 3.05) is 39.6 Å². The third-order valence-corrected chi connectivity index (χ3v) is 22.3. The average molecular weight is 1510 g/mol. The minimum atomic E-state index is -4.96. The average Bonchev–Trinajstić information content (AvgIpc) is 0.911. The first-order valence-electron chi connectivity index (χ1n) is 43.4. The third-order valence-electron chi connectivity index (χ3n) is 20.4. The highest BCUT2D eigenvalue weighted by Crippen LogP contribution is 2.45. The predicted octanol–water partition coefficient (Wildman–Crippen LogP) is 25.3. The molecule has 0 saturated carbocycles. The van der Waals surface area contributed by atoms with E-state index >= 15 is 0 Å². The number of phosphoric acid groups is 2. The molecule has 0 heterocycles. The lowest BCUT2D eigenvalue weighted by Gasteiger charge is -2.21. The monoisotopic (exact) mass is 1510 g/mol. The summed E-state index contributed by atoms with van der Waals surface area (Å²) in [6, 6.07) is 0. The molecule has 0 spiro atoms. The fraction of sp³-hybridized carbons (Fsp3) is 0.952. The van der Waals surface area contributed by atoms with Gasteiger partial charge < -0.3 is 33.8 Å². The number of hydrogen-bond acceptors (Lipinski definition) is 15. The van der Waals surface area contributed by atoms with Gasteiger partial charge in [-0.05, 0) is 43.4 Å². The molecule has 3 N–H and O–H groups in total. The summed E-state index contributed by atoms with van der Waals surface area (Å²) in [7, 11) is -9.92. The van der Waals surface area contributed by atoms with Crippen LogP contribution in [0.2, 0.25) is 0 Å². The Morgan fingerprint density at radius 3 is 0.738 bits per heavy atom. The lowest BCUT2D eigenvalue weighted by Crippen LogP contribution is -2.30. The number of aliphatic hydroxyl groups excluding tert-OH is 1. The predicted molar refractivity (Wildman–Crippen MR) is 423 cm³/mol. The highest BCUT2D eigenvalue weighted by atomic mass is 31.2. The Kier molecular flexibility index (Phi) is 72.8. The van der Waals surface area contributed by atoms with Gasteiger partial charge in [-0.1, -0.05) is 389 Å². The molecule has 0 fully saturated rings. The van der Waals surface area contributed by atoms with Crippen molar-refractivity contribution in [1.82, 2.24) is 0 Å². The highest BCUT2D eigenvalue weighted by Gasteiger charge is 2.30. The van der Waals surface area contributed by atoms with Crippen LogP contribution in [0.5, 0.6) is 0 Å². The summed E-state index contributed by atoms with van der Waals surface area (Å²) in [5.74, 6) is 0.344. The van der Waals surface area contributed by atoms with E-state index in [1.165, 1.54) is 250 Å². The first kappa shape index (κ1) is 101. The molecule has 0 aromatic carbocycles. The fourth-order valence-corrected chi connectivity index (χ4v) is 14.5. The second-order valence-electron chi connectivity index (χ2n) is 31.2. The molecule has 0 aromatic heterocycles. The quantitative estimate of drug-likeness (QED) is 0.0222. The van der Waals surface area contributed by atoms with Gasteiger partial charge in [-0.2, -0.15) is 0 Å². The van der Waals surface area contributed by atoms with Crippen LogP contribution in [0.25, 0.3) is 0 Å². The largest absolute Gasteiger partial charge is 0.472 e. The van der Waals surface area contributed by atoms with Gasteiger partial charge in [-0.3, -0.25) is 37.3 Å². The SMILES string of the molecule is CCCCCCCCCCCCC(=O)OC[C@H](COP(=O)(O)OC[C@H](O)COP(=O)(O)OC[C@@H](COC(=O)CCCCCCCCCCCCCCCCCCC(C)C)OC(=O)CCCCCCCCCCCCCCCCCCCCC(C)CC)OC(=O)CCCCCCCCCCC(C)CC. The Balaban J connectivity index is 5.21. The number of ether oxygens (including phenoxy) is 4. The minimum absolute atomic E-state index is 0.105. The number of rotatable bonds is 82. The summed E-state index contributed by atoms with van der Waals surface area (Å²) in [6.07, 6.45) is 63.8. The molecule has 0 rings (SSSR count). The molecule has 0 aromatic rings. The number of carbonyl (C=O) groups is 4. The number of aliphatic hydroxyl groups is 1. The van der Waals surface area contributed by atoms with Crippen LogP contribution in [-0.4, -0.2) is 96.7 Å². The first-order chi connectivity index (χ1) is 49.8. The minimum Gasteiger partial charge on any atom is -0.462 e. The van der Waals surface area contributed by atoms with Gasteiger partial charge in [-0.15, -0.1) is 0 Å². The van der Waals surface area contributed by atoms with E-state index in [1.54, 1.807) is 0 Å². The van der Waals surface area contributed by atoms with E-state index in [0.717, 1.165) is 108 Å². The summed E-state index contributed by atoms with van der Waals surface area (Å²) in [5, 5.41) is 10.7. The molecular weight excluding hydrogens is 1340 g/mol. The third kappa shape index (κ3) is 75.3. The molecule has 19 heteroatoms. The molecule has 4 unspecified atom stereocenters. The van der Waals surface area contributed by atoms with E-state index < -0.39 is 97.5 Å². The second-order valence-corrected chi connectivity index (χ2v) is 34.1. The lowest BCUT2D eigenvalue weighted by atomic mass is 9.99. The van der Waals surface area contributed by atoms with Crippen LogP contribution in [-0.2, 0) is 65.4 Å². The van der Waals surface area contributed by atoms with Crippen molar-refractivity contribution >= 4 is 39.5 Å². The maximum absolute atomic E-state index is 13.1. The summed E-state index contributed by atoms with van der Waals surface area (Å²) in [5.41, 5.74) is 0. The molecule has 0 bridgehead atoms. The second kappa shape index (κ2) is 74.2. The molecule has 612 valence electrons. The summed E-state index contributed by atoms with van der Waals surface area (Å²) in [6.45, 7) is 12.0. The van der Waals surface area contributed by atoms with E-state index in [-0.39, 0.29) is 25.7 Å². The number of phosphoric ester groups is 2. The summed E-state index contributed by atoms with van der Waals surface area (Å²) >= 11 is 0. The van der Waals surface area contributed by atoms with Crippen molar-refractivity contribution in [1.29, 1.82) is 0 Å². The number of hydrogen-bond donors (Lipinski definition) is 3. The first-order valence-corrected chi connectivity index (χ1v) is 46.4. The van der Waals surface area contributed by atoms with Crippen LogP contribution in [0.3, 0.4) is 0 Å². The van der Waals surface area contributed by atoms with Gasteiger partial charge in [0.2, 0.25) is 0 Å². The molecule has 0 radical (unpaired) electrons. The smallest absolute Gasteiger partial charge is 0.462 e. The molecule has 103 heavy (non-hydrogen) atoms. The van der Waals surface area contributed by atoms with E-state index in [4.69, 9.17) is 37.0 Å². The molecule has 0 aliphatic rings. The highest BCUT2D eigenvalue weighted by molar-refractivity contribution is 7.47. The van der Waals surface area contributed by atoms with Gasteiger partial charge >= 0.3 is 39.5 Å². The van der Waals surface area contributed by atoms with Crippen molar-refractivity contribution in [2.24, 2.45) is 17.8 Å². The van der Waals surface area contributed by atoms with E-state index in [1.807, 2.05) is 0 Å². The van der Waals surface area contributed by atoms with Crippen LogP contribution >= 0.6 is 15.6 Å². The summed E-state index contributed by atoms with van der Waals surface area (Å²) < 4.78 is 68.8. The lowest BCUT2D eigenvalue weighted by molar-refractivity contribution is -0.161. The van der Waals surface area contributed by atoms with Crippen LogP contribution in [0.4, 0.5) is 0 Å².